The highest BCUT2D eigenvalue weighted by Crippen LogP contribution is 2.30. The number of rotatable bonds is 6. The molecule has 146 valence electrons. The summed E-state index contributed by atoms with van der Waals surface area (Å²) in [6.45, 7) is 8.01. The minimum Gasteiger partial charge on any atom is -0.494 e. The molecule has 2 aromatic rings. The lowest BCUT2D eigenvalue weighted by Gasteiger charge is -2.26. The average Bonchev–Trinajstić information content (AvgIpc) is 2.55. The van der Waals surface area contributed by atoms with Crippen LogP contribution >= 0.6 is 11.6 Å². The van der Waals surface area contributed by atoms with E-state index in [1.807, 2.05) is 27.7 Å². The summed E-state index contributed by atoms with van der Waals surface area (Å²) in [5, 5.41) is 0.419. The lowest BCUT2D eigenvalue weighted by atomic mass is 9.92. The molecule has 0 aromatic heterocycles. The molecular formula is C20H24ClNO4S. The van der Waals surface area contributed by atoms with E-state index in [1.165, 1.54) is 24.3 Å². The molecule has 0 saturated carbocycles. The standard InChI is InChI=1S/C20H24ClNO4S/c1-5-26-17-10-8-16(9-11-17)22(19(23)14-20(2,3)4)27(24,25)18-12-6-15(21)7-13-18/h6-13H,5,14H2,1-4H3. The first-order chi connectivity index (χ1) is 12.5. The lowest BCUT2D eigenvalue weighted by molar-refractivity contribution is -0.119. The number of nitrogens with zero attached hydrogens (tertiary/aromatic N) is 1. The van der Waals surface area contributed by atoms with Gasteiger partial charge in [-0.3, -0.25) is 4.79 Å². The lowest BCUT2D eigenvalue weighted by Crippen LogP contribution is -2.38. The molecule has 0 spiro atoms. The molecule has 0 atom stereocenters. The number of carbonyl (C=O) groups is 1. The second kappa shape index (κ2) is 8.31. The molecule has 7 heteroatoms. The number of carbonyl (C=O) groups excluding carboxylic acids is 1. The third kappa shape index (κ3) is 5.47. The van der Waals surface area contributed by atoms with E-state index < -0.39 is 15.9 Å². The van der Waals surface area contributed by atoms with Crippen LogP contribution in [0.25, 0.3) is 0 Å². The third-order valence-corrected chi connectivity index (χ3v) is 5.66. The van der Waals surface area contributed by atoms with E-state index in [-0.39, 0.29) is 22.4 Å². The fourth-order valence-corrected chi connectivity index (χ4v) is 4.05. The highest BCUT2D eigenvalue weighted by molar-refractivity contribution is 7.93. The Labute approximate surface area is 166 Å². The Hall–Kier alpha value is -2.05. The first-order valence-electron chi connectivity index (χ1n) is 8.61. The normalized spacial score (nSPS) is 11.9. The van der Waals surface area contributed by atoms with Crippen LogP contribution < -0.4 is 9.04 Å². The number of ether oxygens (including phenoxy) is 1. The van der Waals surface area contributed by atoms with Crippen molar-refractivity contribution < 1.29 is 17.9 Å². The van der Waals surface area contributed by atoms with Gasteiger partial charge in [-0.05, 0) is 60.9 Å². The fourth-order valence-electron chi connectivity index (χ4n) is 2.50. The Morgan fingerprint density at radius 1 is 1.04 bits per heavy atom. The van der Waals surface area contributed by atoms with Crippen LogP contribution in [-0.4, -0.2) is 20.9 Å². The fraction of sp³-hybridized carbons (Fsp3) is 0.350. The molecular weight excluding hydrogens is 386 g/mol. The molecule has 27 heavy (non-hydrogen) atoms. The Kier molecular flexibility index (Phi) is 6.54. The average molecular weight is 410 g/mol. The highest BCUT2D eigenvalue weighted by Gasteiger charge is 2.33. The van der Waals surface area contributed by atoms with Gasteiger partial charge in [0.15, 0.2) is 0 Å². The van der Waals surface area contributed by atoms with Crippen LogP contribution in [0.4, 0.5) is 5.69 Å². The van der Waals surface area contributed by atoms with Crippen LogP contribution in [0.15, 0.2) is 53.4 Å². The van der Waals surface area contributed by atoms with Crippen molar-refractivity contribution in [2.75, 3.05) is 10.9 Å². The molecule has 0 bridgehead atoms. The van der Waals surface area contributed by atoms with E-state index >= 15 is 0 Å². The maximum atomic E-state index is 13.2. The Bertz CT molecular complexity index is 885. The Morgan fingerprint density at radius 3 is 2.07 bits per heavy atom. The van der Waals surface area contributed by atoms with Crippen LogP contribution in [0.2, 0.25) is 5.02 Å². The van der Waals surface area contributed by atoms with Gasteiger partial charge >= 0.3 is 0 Å². The van der Waals surface area contributed by atoms with Gasteiger partial charge in [0, 0.05) is 11.4 Å². The van der Waals surface area contributed by atoms with Crippen molar-refractivity contribution in [3.05, 3.63) is 53.6 Å². The van der Waals surface area contributed by atoms with E-state index in [0.29, 0.717) is 17.4 Å². The summed E-state index contributed by atoms with van der Waals surface area (Å²) < 4.78 is 32.7. The first kappa shape index (κ1) is 21.3. The summed E-state index contributed by atoms with van der Waals surface area (Å²) in [4.78, 5) is 12.9. The first-order valence-corrected chi connectivity index (χ1v) is 10.4. The van der Waals surface area contributed by atoms with Crippen LogP contribution in [0.3, 0.4) is 0 Å². The largest absolute Gasteiger partial charge is 0.494 e. The summed E-state index contributed by atoms with van der Waals surface area (Å²) in [5.74, 6) is 0.106. The molecule has 0 aliphatic carbocycles. The van der Waals surface area contributed by atoms with Crippen LogP contribution in [0.1, 0.15) is 34.1 Å². The topological polar surface area (TPSA) is 63.7 Å². The predicted molar refractivity (Wildman–Crippen MR) is 108 cm³/mol. The second-order valence-electron chi connectivity index (χ2n) is 7.28. The molecule has 0 unspecified atom stereocenters. The smallest absolute Gasteiger partial charge is 0.270 e. The number of benzene rings is 2. The molecule has 0 saturated heterocycles. The minimum absolute atomic E-state index is 0.00282. The van der Waals surface area contributed by atoms with Gasteiger partial charge in [-0.2, -0.15) is 0 Å². The van der Waals surface area contributed by atoms with Crippen LogP contribution in [0, 0.1) is 5.41 Å². The molecule has 1 amide bonds. The maximum Gasteiger partial charge on any atom is 0.270 e. The van der Waals surface area contributed by atoms with Crippen molar-refractivity contribution in [1.29, 1.82) is 0 Å². The minimum atomic E-state index is -4.08. The molecule has 0 heterocycles. The summed E-state index contributed by atoms with van der Waals surface area (Å²) in [5.41, 5.74) is -0.0986. The van der Waals surface area contributed by atoms with Gasteiger partial charge < -0.3 is 4.74 Å². The molecule has 0 aliphatic rings. The number of halogens is 1. The van der Waals surface area contributed by atoms with Crippen molar-refractivity contribution in [1.82, 2.24) is 0 Å². The molecule has 0 fully saturated rings. The van der Waals surface area contributed by atoms with Crippen LogP contribution in [0.5, 0.6) is 5.75 Å². The van der Waals surface area contributed by atoms with E-state index in [4.69, 9.17) is 16.3 Å². The van der Waals surface area contributed by atoms with E-state index in [1.54, 1.807) is 24.3 Å². The highest BCUT2D eigenvalue weighted by atomic mass is 35.5. The Balaban J connectivity index is 2.52. The SMILES string of the molecule is CCOc1ccc(N(C(=O)CC(C)(C)C)S(=O)(=O)c2ccc(Cl)cc2)cc1. The predicted octanol–water partition coefficient (Wildman–Crippen LogP) is 4.90. The van der Waals surface area contributed by atoms with Gasteiger partial charge in [0.2, 0.25) is 5.91 Å². The molecule has 5 nitrogen and oxygen atoms in total. The number of amides is 1. The summed E-state index contributed by atoms with van der Waals surface area (Å²) in [6.07, 6.45) is 0.0764. The van der Waals surface area contributed by atoms with Gasteiger partial charge in [-0.15, -0.1) is 0 Å². The van der Waals surface area contributed by atoms with Crippen molar-refractivity contribution in [3.8, 4) is 5.75 Å². The molecule has 0 radical (unpaired) electrons. The van der Waals surface area contributed by atoms with Gasteiger partial charge in [0.25, 0.3) is 10.0 Å². The molecule has 2 aromatic carbocycles. The van der Waals surface area contributed by atoms with Gasteiger partial charge in [-0.25, -0.2) is 12.7 Å². The summed E-state index contributed by atoms with van der Waals surface area (Å²) in [7, 11) is -4.08. The Morgan fingerprint density at radius 2 is 1.59 bits per heavy atom. The van der Waals surface area contributed by atoms with E-state index in [9.17, 15) is 13.2 Å². The molecule has 0 aliphatic heterocycles. The van der Waals surface area contributed by atoms with Gasteiger partial charge in [0.1, 0.15) is 5.75 Å². The second-order valence-corrected chi connectivity index (χ2v) is 9.50. The van der Waals surface area contributed by atoms with E-state index in [2.05, 4.69) is 0 Å². The number of sulfonamides is 1. The summed E-state index contributed by atoms with van der Waals surface area (Å²) in [6, 6.07) is 12.2. The van der Waals surface area contributed by atoms with Gasteiger partial charge in [0.05, 0.1) is 17.2 Å². The number of hydrogen-bond donors (Lipinski definition) is 0. The summed E-state index contributed by atoms with van der Waals surface area (Å²) >= 11 is 5.87. The van der Waals surface area contributed by atoms with Crippen molar-refractivity contribution in [3.63, 3.8) is 0 Å². The number of anilines is 1. The number of hydrogen-bond acceptors (Lipinski definition) is 4. The van der Waals surface area contributed by atoms with Crippen LogP contribution in [-0.2, 0) is 14.8 Å². The van der Waals surface area contributed by atoms with E-state index in [0.717, 1.165) is 4.31 Å². The molecule has 2 rings (SSSR count). The molecule has 0 N–H and O–H groups in total. The van der Waals surface area contributed by atoms with Crippen molar-refractivity contribution in [2.24, 2.45) is 5.41 Å². The zero-order chi connectivity index (χ0) is 20.2. The third-order valence-electron chi connectivity index (χ3n) is 3.64. The van der Waals surface area contributed by atoms with Crippen molar-refractivity contribution >= 4 is 33.2 Å². The maximum absolute atomic E-state index is 13.2. The quantitative estimate of drug-likeness (QED) is 0.680. The van der Waals surface area contributed by atoms with Gasteiger partial charge in [-0.1, -0.05) is 32.4 Å². The van der Waals surface area contributed by atoms with Crippen molar-refractivity contribution in [2.45, 2.75) is 39.0 Å². The zero-order valence-electron chi connectivity index (χ0n) is 15.9. The zero-order valence-corrected chi connectivity index (χ0v) is 17.5. The monoisotopic (exact) mass is 409 g/mol.